The van der Waals surface area contributed by atoms with Gasteiger partial charge in [0.2, 0.25) is 0 Å². The summed E-state index contributed by atoms with van der Waals surface area (Å²) in [6, 6.07) is 8.99. The Hall–Kier alpha value is -1.06. The Kier molecular flexibility index (Phi) is 5.44. The van der Waals surface area contributed by atoms with Crippen LogP contribution in [-0.2, 0) is 5.88 Å². The van der Waals surface area contributed by atoms with E-state index in [-0.39, 0.29) is 0 Å². The van der Waals surface area contributed by atoms with Gasteiger partial charge in [-0.15, -0.1) is 22.9 Å². The van der Waals surface area contributed by atoms with Gasteiger partial charge in [-0.05, 0) is 38.0 Å². The van der Waals surface area contributed by atoms with Crippen molar-refractivity contribution in [1.29, 1.82) is 0 Å². The first kappa shape index (κ1) is 15.3. The molecule has 0 aliphatic heterocycles. The summed E-state index contributed by atoms with van der Waals surface area (Å²) in [6.45, 7) is 7.51. The van der Waals surface area contributed by atoms with Crippen molar-refractivity contribution in [3.63, 3.8) is 0 Å². The van der Waals surface area contributed by atoms with Crippen LogP contribution in [0.1, 0.15) is 42.6 Å². The first-order valence-electron chi connectivity index (χ1n) is 7.03. The van der Waals surface area contributed by atoms with E-state index in [1.54, 1.807) is 11.3 Å². The molecule has 1 atom stereocenters. The molecule has 2 nitrogen and oxygen atoms in total. The summed E-state index contributed by atoms with van der Waals surface area (Å²) >= 11 is 7.58. The fourth-order valence-corrected chi connectivity index (χ4v) is 3.70. The number of thiazole rings is 1. The molecule has 0 radical (unpaired) electrons. The highest BCUT2D eigenvalue weighted by Crippen LogP contribution is 2.32. The maximum absolute atomic E-state index is 5.87. The van der Waals surface area contributed by atoms with Crippen molar-refractivity contribution in [2.45, 2.75) is 39.1 Å². The molecule has 0 aliphatic carbocycles. The van der Waals surface area contributed by atoms with Crippen LogP contribution < -0.4 is 4.90 Å². The van der Waals surface area contributed by atoms with Gasteiger partial charge in [-0.1, -0.05) is 19.1 Å². The third-order valence-electron chi connectivity index (χ3n) is 3.43. The summed E-state index contributed by atoms with van der Waals surface area (Å²) in [5.74, 6) is 0.490. The van der Waals surface area contributed by atoms with Crippen molar-refractivity contribution >= 4 is 28.6 Å². The SMILES string of the molecule is CCC(c1nc(CCl)cs1)N(CC)c1cccc(C)c1. The minimum atomic E-state index is 0.323. The lowest BCUT2D eigenvalue weighted by Crippen LogP contribution is -2.28. The van der Waals surface area contributed by atoms with Crippen LogP contribution in [-0.4, -0.2) is 11.5 Å². The van der Waals surface area contributed by atoms with E-state index in [1.165, 1.54) is 11.3 Å². The third kappa shape index (κ3) is 3.33. The predicted molar refractivity (Wildman–Crippen MR) is 88.9 cm³/mol. The first-order valence-corrected chi connectivity index (χ1v) is 8.44. The molecule has 0 amide bonds. The number of aryl methyl sites for hydroxylation is 1. The molecule has 1 unspecified atom stereocenters. The highest BCUT2D eigenvalue weighted by molar-refractivity contribution is 7.09. The number of rotatable bonds is 6. The number of hydrogen-bond acceptors (Lipinski definition) is 3. The first-order chi connectivity index (χ1) is 9.69. The highest BCUT2D eigenvalue weighted by Gasteiger charge is 2.21. The Balaban J connectivity index is 2.32. The van der Waals surface area contributed by atoms with Gasteiger partial charge in [-0.3, -0.25) is 0 Å². The largest absolute Gasteiger partial charge is 0.362 e. The molecule has 0 saturated heterocycles. The fourth-order valence-electron chi connectivity index (χ4n) is 2.45. The van der Waals surface area contributed by atoms with Crippen molar-refractivity contribution in [3.05, 3.63) is 45.9 Å². The number of hydrogen-bond donors (Lipinski definition) is 0. The van der Waals surface area contributed by atoms with E-state index >= 15 is 0 Å². The van der Waals surface area contributed by atoms with Crippen LogP contribution in [0.5, 0.6) is 0 Å². The normalized spacial score (nSPS) is 12.4. The third-order valence-corrected chi connectivity index (χ3v) is 4.70. The van der Waals surface area contributed by atoms with Gasteiger partial charge in [0, 0.05) is 17.6 Å². The molecule has 0 spiro atoms. The Morgan fingerprint density at radius 3 is 2.70 bits per heavy atom. The van der Waals surface area contributed by atoms with Gasteiger partial charge >= 0.3 is 0 Å². The summed E-state index contributed by atoms with van der Waals surface area (Å²) in [5.41, 5.74) is 3.53. The molecule has 0 aliphatic rings. The molecule has 0 saturated carbocycles. The number of benzene rings is 1. The van der Waals surface area contributed by atoms with E-state index < -0.39 is 0 Å². The molecule has 1 aromatic heterocycles. The number of alkyl halides is 1. The zero-order valence-electron chi connectivity index (χ0n) is 12.3. The summed E-state index contributed by atoms with van der Waals surface area (Å²) in [4.78, 5) is 7.08. The van der Waals surface area contributed by atoms with Crippen LogP contribution in [0.25, 0.3) is 0 Å². The summed E-state index contributed by atoms with van der Waals surface area (Å²) in [6.07, 6.45) is 1.04. The van der Waals surface area contributed by atoms with Gasteiger partial charge in [0.15, 0.2) is 0 Å². The molecule has 1 heterocycles. The molecule has 0 fully saturated rings. The minimum absolute atomic E-state index is 0.323. The van der Waals surface area contributed by atoms with Crippen LogP contribution >= 0.6 is 22.9 Å². The van der Waals surface area contributed by atoms with Crippen molar-refractivity contribution in [2.75, 3.05) is 11.4 Å². The smallest absolute Gasteiger partial charge is 0.115 e. The van der Waals surface area contributed by atoms with E-state index in [9.17, 15) is 0 Å². The Morgan fingerprint density at radius 1 is 1.35 bits per heavy atom. The number of anilines is 1. The standard InChI is InChI=1S/C16H21ClN2S/c1-4-15(16-18-13(10-17)11-20-16)19(5-2)14-8-6-7-12(3)9-14/h6-9,11,15H,4-5,10H2,1-3H3. The number of nitrogens with zero attached hydrogens (tertiary/aromatic N) is 2. The maximum atomic E-state index is 5.87. The molecule has 2 rings (SSSR count). The van der Waals surface area contributed by atoms with E-state index in [0.717, 1.165) is 23.7 Å². The molecule has 0 N–H and O–H groups in total. The van der Waals surface area contributed by atoms with Crippen molar-refractivity contribution in [3.8, 4) is 0 Å². The van der Waals surface area contributed by atoms with Crippen LogP contribution in [0.2, 0.25) is 0 Å². The van der Waals surface area contributed by atoms with Gasteiger partial charge in [0.05, 0.1) is 17.6 Å². The second-order valence-electron chi connectivity index (χ2n) is 4.86. The minimum Gasteiger partial charge on any atom is -0.362 e. The number of halogens is 1. The molecule has 0 bridgehead atoms. The molecule has 2 aromatic rings. The van der Waals surface area contributed by atoms with Crippen molar-refractivity contribution in [1.82, 2.24) is 4.98 Å². The second-order valence-corrected chi connectivity index (χ2v) is 6.02. The quantitative estimate of drug-likeness (QED) is 0.685. The van der Waals surface area contributed by atoms with Gasteiger partial charge in [0.25, 0.3) is 0 Å². The van der Waals surface area contributed by atoms with Gasteiger partial charge in [-0.25, -0.2) is 4.98 Å². The highest BCUT2D eigenvalue weighted by atomic mass is 35.5. The van der Waals surface area contributed by atoms with Gasteiger partial charge < -0.3 is 4.90 Å². The van der Waals surface area contributed by atoms with Crippen molar-refractivity contribution in [2.24, 2.45) is 0 Å². The van der Waals surface area contributed by atoms with Crippen LogP contribution in [0.4, 0.5) is 5.69 Å². The second kappa shape index (κ2) is 7.09. The Morgan fingerprint density at radius 2 is 2.15 bits per heavy atom. The molecule has 4 heteroatoms. The Bertz CT molecular complexity index is 553. The predicted octanol–water partition coefficient (Wildman–Crippen LogP) is 5.17. The monoisotopic (exact) mass is 308 g/mol. The lowest BCUT2D eigenvalue weighted by atomic mass is 10.1. The van der Waals surface area contributed by atoms with Crippen LogP contribution in [0.15, 0.2) is 29.6 Å². The molecule has 20 heavy (non-hydrogen) atoms. The summed E-state index contributed by atoms with van der Waals surface area (Å²) < 4.78 is 0. The fraction of sp³-hybridized carbons (Fsp3) is 0.438. The van der Waals surface area contributed by atoms with E-state index in [4.69, 9.17) is 11.6 Å². The zero-order chi connectivity index (χ0) is 14.5. The van der Waals surface area contributed by atoms with Gasteiger partial charge in [0.1, 0.15) is 5.01 Å². The molecule has 1 aromatic carbocycles. The topological polar surface area (TPSA) is 16.1 Å². The van der Waals surface area contributed by atoms with Crippen molar-refractivity contribution < 1.29 is 0 Å². The van der Waals surface area contributed by atoms with E-state index in [2.05, 4.69) is 60.3 Å². The van der Waals surface area contributed by atoms with E-state index in [1.807, 2.05) is 0 Å². The average molecular weight is 309 g/mol. The molecule has 108 valence electrons. The lowest BCUT2D eigenvalue weighted by molar-refractivity contribution is 0.610. The lowest BCUT2D eigenvalue weighted by Gasteiger charge is -2.31. The number of aromatic nitrogens is 1. The Labute approximate surface area is 130 Å². The molecular formula is C16H21ClN2S. The maximum Gasteiger partial charge on any atom is 0.115 e. The van der Waals surface area contributed by atoms with Crippen LogP contribution in [0, 0.1) is 6.92 Å². The summed E-state index contributed by atoms with van der Waals surface area (Å²) in [7, 11) is 0. The average Bonchev–Trinajstić information content (AvgIpc) is 2.93. The summed E-state index contributed by atoms with van der Waals surface area (Å²) in [5, 5.41) is 3.22. The van der Waals surface area contributed by atoms with Gasteiger partial charge in [-0.2, -0.15) is 0 Å². The van der Waals surface area contributed by atoms with E-state index in [0.29, 0.717) is 11.9 Å². The molecular weight excluding hydrogens is 288 g/mol. The zero-order valence-corrected chi connectivity index (χ0v) is 13.8. The van der Waals surface area contributed by atoms with Crippen LogP contribution in [0.3, 0.4) is 0 Å².